The maximum absolute atomic E-state index is 14.3. The fourth-order valence-electron chi connectivity index (χ4n) is 6.22. The van der Waals surface area contributed by atoms with Gasteiger partial charge in [-0.05, 0) is 55.8 Å². The maximum Gasteiger partial charge on any atom is 0.418 e. The number of anilines is 4. The normalized spacial score (nSPS) is 21.0. The Morgan fingerprint density at radius 3 is 2.28 bits per heavy atom. The summed E-state index contributed by atoms with van der Waals surface area (Å²) in [6.45, 7) is 5.45. The average molecular weight is 604 g/mol. The molecule has 3 aromatic rings. The zero-order valence-electron chi connectivity index (χ0n) is 23.8. The molecular formula is C30H34F5N7O. The lowest BCUT2D eigenvalue weighted by Gasteiger charge is -2.43. The van der Waals surface area contributed by atoms with Crippen molar-refractivity contribution in [3.63, 3.8) is 0 Å². The molecule has 3 aliphatic rings. The summed E-state index contributed by atoms with van der Waals surface area (Å²) in [4.78, 5) is 20.7. The van der Waals surface area contributed by atoms with Crippen molar-refractivity contribution < 1.29 is 26.8 Å². The number of alkyl halides is 3. The van der Waals surface area contributed by atoms with E-state index in [1.165, 1.54) is 35.7 Å². The first-order valence-corrected chi connectivity index (χ1v) is 14.5. The first-order valence-electron chi connectivity index (χ1n) is 14.5. The number of rotatable bonds is 6. The second-order valence-corrected chi connectivity index (χ2v) is 11.3. The van der Waals surface area contributed by atoms with Gasteiger partial charge in [-0.2, -0.15) is 13.2 Å². The first kappa shape index (κ1) is 29.5. The molecule has 0 spiro atoms. The molecule has 0 saturated carbocycles. The molecule has 8 nitrogen and oxygen atoms in total. The number of likely N-dealkylation sites (N-methyl/N-ethyl adjacent to an activating group) is 1. The standard InChI is InChI=1S/C30H34F5N7O/c1-39-9-11-40(12-10-39)24-4-7-41(8-5-24)27-3-2-23(17-25(27)30(33,34)35)38-28-18-29(37-19-36-28)42-26(6-13-43-42)20-14-21(31)16-22(32)15-20/h2-3,14-19,24,26H,4-13H2,1H3,(H,36,37,38). The predicted molar refractivity (Wildman–Crippen MR) is 153 cm³/mol. The van der Waals surface area contributed by atoms with Gasteiger partial charge < -0.3 is 15.1 Å². The largest absolute Gasteiger partial charge is 0.418 e. The molecule has 3 fully saturated rings. The quantitative estimate of drug-likeness (QED) is 0.365. The summed E-state index contributed by atoms with van der Waals surface area (Å²) in [5, 5.41) is 4.40. The maximum atomic E-state index is 14.3. The van der Waals surface area contributed by atoms with Crippen LogP contribution in [0.4, 0.5) is 45.0 Å². The van der Waals surface area contributed by atoms with Gasteiger partial charge in [-0.15, -0.1) is 0 Å². The summed E-state index contributed by atoms with van der Waals surface area (Å²) in [5.74, 6) is -0.843. The van der Waals surface area contributed by atoms with Crippen molar-refractivity contribution >= 4 is 23.0 Å². The van der Waals surface area contributed by atoms with Gasteiger partial charge in [0.15, 0.2) is 5.82 Å². The third-order valence-electron chi connectivity index (χ3n) is 8.49. The second-order valence-electron chi connectivity index (χ2n) is 11.3. The van der Waals surface area contributed by atoms with Crippen molar-refractivity contribution in [1.29, 1.82) is 0 Å². The minimum absolute atomic E-state index is 0.175. The summed E-state index contributed by atoms with van der Waals surface area (Å²) in [5.41, 5.74) is 0.0787. The highest BCUT2D eigenvalue weighted by Gasteiger charge is 2.37. The number of hydrogen-bond acceptors (Lipinski definition) is 8. The van der Waals surface area contributed by atoms with Gasteiger partial charge in [-0.1, -0.05) is 0 Å². The van der Waals surface area contributed by atoms with Crippen molar-refractivity contribution in [3.05, 3.63) is 71.6 Å². The van der Waals surface area contributed by atoms with Gasteiger partial charge in [0.2, 0.25) is 0 Å². The van der Waals surface area contributed by atoms with Crippen molar-refractivity contribution in [3.8, 4) is 0 Å². The van der Waals surface area contributed by atoms with E-state index in [9.17, 15) is 22.0 Å². The van der Waals surface area contributed by atoms with Crippen LogP contribution in [0.3, 0.4) is 0 Å². The Hall–Kier alpha value is -3.55. The van der Waals surface area contributed by atoms with Crippen LogP contribution in [0, 0.1) is 11.6 Å². The molecule has 3 saturated heterocycles. The van der Waals surface area contributed by atoms with Crippen LogP contribution in [0.2, 0.25) is 0 Å². The predicted octanol–water partition coefficient (Wildman–Crippen LogP) is 5.62. The Morgan fingerprint density at radius 2 is 1.58 bits per heavy atom. The van der Waals surface area contributed by atoms with E-state index in [1.54, 1.807) is 6.07 Å². The van der Waals surface area contributed by atoms with Gasteiger partial charge in [0, 0.05) is 75.2 Å². The van der Waals surface area contributed by atoms with E-state index in [2.05, 4.69) is 32.1 Å². The van der Waals surface area contributed by atoms with Crippen LogP contribution >= 0.6 is 0 Å². The summed E-state index contributed by atoms with van der Waals surface area (Å²) >= 11 is 0. The van der Waals surface area contributed by atoms with E-state index in [0.717, 1.165) is 51.2 Å². The third-order valence-corrected chi connectivity index (χ3v) is 8.49. The van der Waals surface area contributed by atoms with E-state index in [0.29, 0.717) is 43.5 Å². The smallest absolute Gasteiger partial charge is 0.371 e. The minimum atomic E-state index is -4.55. The van der Waals surface area contributed by atoms with Gasteiger partial charge >= 0.3 is 6.18 Å². The lowest BCUT2D eigenvalue weighted by molar-refractivity contribution is -0.137. The topological polar surface area (TPSA) is 60.0 Å². The highest BCUT2D eigenvalue weighted by atomic mass is 19.4. The number of nitrogens with one attached hydrogen (secondary N) is 1. The Kier molecular flexibility index (Phi) is 8.38. The third kappa shape index (κ3) is 6.68. The van der Waals surface area contributed by atoms with E-state index < -0.39 is 29.4 Å². The van der Waals surface area contributed by atoms with Crippen LogP contribution in [0.25, 0.3) is 0 Å². The van der Waals surface area contributed by atoms with E-state index >= 15 is 0 Å². The molecule has 0 aliphatic carbocycles. The monoisotopic (exact) mass is 603 g/mol. The number of benzene rings is 2. The molecule has 1 atom stereocenters. The molecule has 230 valence electrons. The van der Waals surface area contributed by atoms with E-state index in [1.807, 2.05) is 4.90 Å². The van der Waals surface area contributed by atoms with Crippen LogP contribution in [-0.2, 0) is 11.0 Å². The fourth-order valence-corrected chi connectivity index (χ4v) is 6.22. The molecule has 0 amide bonds. The summed E-state index contributed by atoms with van der Waals surface area (Å²) in [7, 11) is 2.11. The molecule has 1 unspecified atom stereocenters. The van der Waals surface area contributed by atoms with Crippen LogP contribution in [0.5, 0.6) is 0 Å². The number of piperazine rings is 1. The molecule has 0 bridgehead atoms. The SMILES string of the molecule is CN1CCN(C2CCN(c3ccc(Nc4cc(N5OCCC5c5cc(F)cc(F)c5)ncn4)cc3C(F)(F)F)CC2)CC1. The molecular weight excluding hydrogens is 569 g/mol. The number of halogens is 5. The highest BCUT2D eigenvalue weighted by molar-refractivity contribution is 5.67. The molecule has 6 rings (SSSR count). The Balaban J connectivity index is 1.17. The van der Waals surface area contributed by atoms with E-state index in [-0.39, 0.29) is 17.2 Å². The second kappa shape index (κ2) is 12.2. The molecule has 1 aromatic heterocycles. The highest BCUT2D eigenvalue weighted by Crippen LogP contribution is 2.40. The van der Waals surface area contributed by atoms with Crippen molar-refractivity contribution in [1.82, 2.24) is 19.8 Å². The van der Waals surface area contributed by atoms with Gasteiger partial charge in [0.25, 0.3) is 0 Å². The van der Waals surface area contributed by atoms with Crippen molar-refractivity contribution in [2.45, 2.75) is 37.5 Å². The Bertz CT molecular complexity index is 1400. The van der Waals surface area contributed by atoms with Crippen molar-refractivity contribution in [2.75, 3.05) is 68.2 Å². The summed E-state index contributed by atoms with van der Waals surface area (Å²) in [6.07, 6.45) is -1.17. The minimum Gasteiger partial charge on any atom is -0.371 e. The fraction of sp³-hybridized carbons (Fsp3) is 0.467. The number of nitrogens with zero attached hydrogens (tertiary/aromatic N) is 6. The zero-order chi connectivity index (χ0) is 30.1. The van der Waals surface area contributed by atoms with Crippen LogP contribution in [0.1, 0.15) is 36.4 Å². The van der Waals surface area contributed by atoms with Crippen LogP contribution in [-0.4, -0.2) is 78.7 Å². The van der Waals surface area contributed by atoms with Gasteiger partial charge in [0.1, 0.15) is 23.8 Å². The number of hydrogen-bond donors (Lipinski definition) is 1. The summed E-state index contributed by atoms with van der Waals surface area (Å²) < 4.78 is 70.6. The van der Waals surface area contributed by atoms with Crippen LogP contribution < -0.4 is 15.3 Å². The zero-order valence-corrected chi connectivity index (χ0v) is 23.8. The molecule has 13 heteroatoms. The van der Waals surface area contributed by atoms with Crippen LogP contribution in [0.15, 0.2) is 48.8 Å². The van der Waals surface area contributed by atoms with Gasteiger partial charge in [-0.3, -0.25) is 9.74 Å². The lowest BCUT2D eigenvalue weighted by Crippen LogP contribution is -2.52. The molecule has 3 aliphatic heterocycles. The molecule has 4 heterocycles. The molecule has 43 heavy (non-hydrogen) atoms. The number of aromatic nitrogens is 2. The van der Waals surface area contributed by atoms with Gasteiger partial charge in [-0.25, -0.2) is 23.8 Å². The Morgan fingerprint density at radius 1 is 0.860 bits per heavy atom. The number of piperidine rings is 1. The summed E-state index contributed by atoms with van der Waals surface area (Å²) in [6, 6.07) is 8.94. The lowest BCUT2D eigenvalue weighted by atomic mass is 10.00. The Labute approximate surface area is 247 Å². The molecule has 0 radical (unpaired) electrons. The molecule has 2 aromatic carbocycles. The van der Waals surface area contributed by atoms with E-state index in [4.69, 9.17) is 4.84 Å². The molecule has 1 N–H and O–H groups in total. The number of hydroxylamine groups is 1. The van der Waals surface area contributed by atoms with Crippen molar-refractivity contribution in [2.24, 2.45) is 0 Å². The average Bonchev–Trinajstić information content (AvgIpc) is 3.47. The first-order chi connectivity index (χ1) is 20.6. The van der Waals surface area contributed by atoms with Gasteiger partial charge in [0.05, 0.1) is 18.2 Å².